The van der Waals surface area contributed by atoms with Crippen molar-refractivity contribution in [2.45, 2.75) is 64.0 Å². The van der Waals surface area contributed by atoms with Gasteiger partial charge in [-0.2, -0.15) is 16.9 Å². The van der Waals surface area contributed by atoms with Crippen molar-refractivity contribution in [2.24, 2.45) is 5.92 Å². The molecular formula is C19H32N4OS. The summed E-state index contributed by atoms with van der Waals surface area (Å²) < 4.78 is 2.17. The molecule has 1 amide bonds. The third-order valence-electron chi connectivity index (χ3n) is 5.68. The van der Waals surface area contributed by atoms with Gasteiger partial charge in [0.1, 0.15) is 0 Å². The summed E-state index contributed by atoms with van der Waals surface area (Å²) in [6, 6.07) is 0.468. The fraction of sp³-hybridized carbons (Fsp3) is 0.789. The number of nitrogens with zero attached hydrogens (tertiary/aromatic N) is 2. The summed E-state index contributed by atoms with van der Waals surface area (Å²) in [6.07, 6.45) is 11.9. The van der Waals surface area contributed by atoms with Crippen molar-refractivity contribution in [3.8, 4) is 0 Å². The lowest BCUT2D eigenvalue weighted by molar-refractivity contribution is 0.0956. The first-order valence-corrected chi connectivity index (χ1v) is 11.1. The monoisotopic (exact) mass is 364 g/mol. The minimum Gasteiger partial charge on any atom is -0.354 e. The van der Waals surface area contributed by atoms with Gasteiger partial charge in [-0.3, -0.25) is 9.48 Å². The van der Waals surface area contributed by atoms with Crippen LogP contribution in [0.4, 0.5) is 0 Å². The predicted molar refractivity (Wildman–Crippen MR) is 104 cm³/mol. The van der Waals surface area contributed by atoms with Crippen LogP contribution in [0.2, 0.25) is 0 Å². The van der Waals surface area contributed by atoms with Crippen LogP contribution in [-0.4, -0.2) is 47.3 Å². The summed E-state index contributed by atoms with van der Waals surface area (Å²) in [5, 5.41) is 11.2. The molecule has 5 nitrogen and oxygen atoms in total. The van der Waals surface area contributed by atoms with Crippen molar-refractivity contribution in [3.63, 3.8) is 0 Å². The summed E-state index contributed by atoms with van der Waals surface area (Å²) in [5.74, 6) is 1.82. The van der Waals surface area contributed by atoms with Gasteiger partial charge >= 0.3 is 0 Å². The zero-order valence-electron chi connectivity index (χ0n) is 15.6. The van der Waals surface area contributed by atoms with Gasteiger partial charge in [0.2, 0.25) is 0 Å². The van der Waals surface area contributed by atoms with Crippen molar-refractivity contribution < 1.29 is 4.79 Å². The Balaban J connectivity index is 1.76. The summed E-state index contributed by atoms with van der Waals surface area (Å²) in [5.41, 5.74) is 3.15. The highest BCUT2D eigenvalue weighted by molar-refractivity contribution is 7.98. The Morgan fingerprint density at radius 1 is 1.28 bits per heavy atom. The van der Waals surface area contributed by atoms with Gasteiger partial charge in [0.15, 0.2) is 5.69 Å². The molecule has 2 aliphatic rings. The third-order valence-corrected chi connectivity index (χ3v) is 6.30. The van der Waals surface area contributed by atoms with Gasteiger partial charge in [-0.15, -0.1) is 0 Å². The lowest BCUT2D eigenvalue weighted by atomic mass is 9.88. The maximum Gasteiger partial charge on any atom is 0.271 e. The number of aromatic nitrogens is 2. The molecule has 2 N–H and O–H groups in total. The molecule has 25 heavy (non-hydrogen) atoms. The van der Waals surface area contributed by atoms with Crippen LogP contribution < -0.4 is 10.6 Å². The largest absolute Gasteiger partial charge is 0.354 e. The Morgan fingerprint density at radius 2 is 2.08 bits per heavy atom. The van der Waals surface area contributed by atoms with Gasteiger partial charge in [0.05, 0.1) is 0 Å². The van der Waals surface area contributed by atoms with E-state index in [4.69, 9.17) is 5.10 Å². The highest BCUT2D eigenvalue weighted by atomic mass is 32.2. The zero-order chi connectivity index (χ0) is 17.6. The molecule has 140 valence electrons. The number of amides is 1. The van der Waals surface area contributed by atoms with Crippen LogP contribution in [0.1, 0.15) is 60.3 Å². The van der Waals surface area contributed by atoms with Crippen LogP contribution in [0, 0.1) is 5.92 Å². The molecule has 1 aromatic rings. The van der Waals surface area contributed by atoms with Crippen molar-refractivity contribution in [3.05, 3.63) is 17.0 Å². The quantitative estimate of drug-likeness (QED) is 0.730. The highest BCUT2D eigenvalue weighted by Gasteiger charge is 2.29. The summed E-state index contributed by atoms with van der Waals surface area (Å²) in [4.78, 5) is 12.3. The molecule has 1 saturated carbocycles. The minimum atomic E-state index is -0.0385. The third kappa shape index (κ3) is 4.59. The van der Waals surface area contributed by atoms with Crippen LogP contribution >= 0.6 is 11.8 Å². The van der Waals surface area contributed by atoms with E-state index in [1.807, 2.05) is 11.8 Å². The van der Waals surface area contributed by atoms with Gasteiger partial charge in [0.25, 0.3) is 5.91 Å². The number of thioether (sulfide) groups is 1. The van der Waals surface area contributed by atoms with E-state index in [9.17, 15) is 4.79 Å². The lowest BCUT2D eigenvalue weighted by Gasteiger charge is -2.26. The fourth-order valence-corrected chi connectivity index (χ4v) is 4.62. The molecule has 0 bridgehead atoms. The van der Waals surface area contributed by atoms with Crippen LogP contribution in [0.5, 0.6) is 0 Å². The first-order valence-electron chi connectivity index (χ1n) is 9.76. The summed E-state index contributed by atoms with van der Waals surface area (Å²) >= 11 is 1.87. The van der Waals surface area contributed by atoms with Crippen molar-refractivity contribution in [1.29, 1.82) is 0 Å². The first-order chi connectivity index (χ1) is 12.2. The van der Waals surface area contributed by atoms with Crippen molar-refractivity contribution >= 4 is 17.7 Å². The Bertz CT molecular complexity index is 580. The van der Waals surface area contributed by atoms with E-state index >= 15 is 0 Å². The van der Waals surface area contributed by atoms with Gasteiger partial charge in [0, 0.05) is 43.2 Å². The number of rotatable bonds is 7. The Morgan fingerprint density at radius 3 is 2.80 bits per heavy atom. The molecule has 3 rings (SSSR count). The number of fused-ring (bicyclic) bond motifs is 1. The van der Waals surface area contributed by atoms with E-state index in [0.717, 1.165) is 44.0 Å². The molecule has 6 heteroatoms. The molecule has 0 radical (unpaired) electrons. The van der Waals surface area contributed by atoms with Gasteiger partial charge < -0.3 is 10.6 Å². The second kappa shape index (κ2) is 9.08. The second-order valence-corrected chi connectivity index (χ2v) is 8.41. The number of carbonyl (C=O) groups is 1. The van der Waals surface area contributed by atoms with E-state index in [1.54, 1.807) is 7.05 Å². The molecule has 0 aliphatic heterocycles. The molecule has 1 atom stereocenters. The normalized spacial score (nSPS) is 21.1. The second-order valence-electron chi connectivity index (χ2n) is 7.43. The van der Waals surface area contributed by atoms with E-state index in [2.05, 4.69) is 21.6 Å². The van der Waals surface area contributed by atoms with Gasteiger partial charge in [-0.1, -0.05) is 19.3 Å². The van der Waals surface area contributed by atoms with Crippen LogP contribution in [0.3, 0.4) is 0 Å². The lowest BCUT2D eigenvalue weighted by Crippen LogP contribution is -2.36. The molecule has 1 aromatic heterocycles. The van der Waals surface area contributed by atoms with Crippen LogP contribution in [0.15, 0.2) is 0 Å². The Labute approximate surface area is 155 Å². The SMILES string of the molecule is CNC(=O)c1nn(CC2CCCCC2)c2c1CC(NCCSC)CC2. The Kier molecular flexibility index (Phi) is 6.82. The molecule has 2 aliphatic carbocycles. The number of hydrogen-bond acceptors (Lipinski definition) is 4. The van der Waals surface area contributed by atoms with Gasteiger partial charge in [-0.05, 0) is 44.3 Å². The molecule has 1 fully saturated rings. The van der Waals surface area contributed by atoms with Crippen LogP contribution in [-0.2, 0) is 19.4 Å². The smallest absolute Gasteiger partial charge is 0.271 e. The van der Waals surface area contributed by atoms with Crippen molar-refractivity contribution in [1.82, 2.24) is 20.4 Å². The first kappa shape index (κ1) is 18.8. The minimum absolute atomic E-state index is 0.0385. The fourth-order valence-electron chi connectivity index (χ4n) is 4.29. The molecule has 0 spiro atoms. The van der Waals surface area contributed by atoms with Gasteiger partial charge in [-0.25, -0.2) is 0 Å². The van der Waals surface area contributed by atoms with E-state index in [-0.39, 0.29) is 5.91 Å². The highest BCUT2D eigenvalue weighted by Crippen LogP contribution is 2.29. The van der Waals surface area contributed by atoms with E-state index in [1.165, 1.54) is 43.4 Å². The number of hydrogen-bond donors (Lipinski definition) is 2. The number of nitrogens with one attached hydrogen (secondary N) is 2. The summed E-state index contributed by atoms with van der Waals surface area (Å²) in [6.45, 7) is 2.02. The molecule has 1 unspecified atom stereocenters. The average Bonchev–Trinajstić information content (AvgIpc) is 3.00. The molecule has 0 aromatic carbocycles. The topological polar surface area (TPSA) is 59.0 Å². The maximum atomic E-state index is 12.3. The maximum absolute atomic E-state index is 12.3. The summed E-state index contributed by atoms with van der Waals surface area (Å²) in [7, 11) is 1.70. The zero-order valence-corrected chi connectivity index (χ0v) is 16.5. The Hall–Kier alpha value is -1.01. The molecule has 0 saturated heterocycles. The van der Waals surface area contributed by atoms with E-state index < -0.39 is 0 Å². The molecular weight excluding hydrogens is 332 g/mol. The van der Waals surface area contributed by atoms with Crippen molar-refractivity contribution in [2.75, 3.05) is 25.6 Å². The predicted octanol–water partition coefficient (Wildman–Crippen LogP) is 2.63. The average molecular weight is 365 g/mol. The molecule has 1 heterocycles. The van der Waals surface area contributed by atoms with E-state index in [0.29, 0.717) is 11.7 Å². The number of carbonyl (C=O) groups excluding carboxylic acids is 1. The standard InChI is InChI=1S/C19H32N4OS/c1-20-19(24)18-16-12-15(21-10-11-25-2)8-9-17(16)23(22-18)13-14-6-4-3-5-7-14/h14-15,21H,3-13H2,1-2H3,(H,20,24). The van der Waals surface area contributed by atoms with Crippen LogP contribution in [0.25, 0.3) is 0 Å².